The maximum atomic E-state index is 13.4. The standard InChI is InChI=1S/C23H24N2O2S/c1-5-19-15(2)24-23(27)21(25(3)4)20(19)22(26)18-8-6-7-16(13-18)9-10-17-11-12-28-14-17/h6-14H,5H2,1-4H3,(H,24,27)/b10-9+. The molecule has 0 saturated heterocycles. The number of hydrogen-bond acceptors (Lipinski definition) is 4. The minimum absolute atomic E-state index is 0.125. The molecule has 0 fully saturated rings. The summed E-state index contributed by atoms with van der Waals surface area (Å²) in [6, 6.07) is 9.57. The zero-order valence-corrected chi connectivity index (χ0v) is 17.4. The molecule has 0 atom stereocenters. The summed E-state index contributed by atoms with van der Waals surface area (Å²) in [5.74, 6) is -0.125. The molecule has 4 nitrogen and oxygen atoms in total. The average molecular weight is 393 g/mol. The smallest absolute Gasteiger partial charge is 0.272 e. The fraction of sp³-hybridized carbons (Fsp3) is 0.217. The van der Waals surface area contributed by atoms with E-state index in [9.17, 15) is 9.59 Å². The van der Waals surface area contributed by atoms with Crippen molar-refractivity contribution in [1.29, 1.82) is 0 Å². The fourth-order valence-corrected chi connectivity index (χ4v) is 3.98. The van der Waals surface area contributed by atoms with E-state index in [-0.39, 0.29) is 11.3 Å². The Balaban J connectivity index is 2.08. The summed E-state index contributed by atoms with van der Waals surface area (Å²) >= 11 is 1.65. The average Bonchev–Trinajstić information content (AvgIpc) is 3.18. The number of carbonyl (C=O) groups is 1. The number of aromatic nitrogens is 1. The van der Waals surface area contributed by atoms with Crippen LogP contribution in [0.3, 0.4) is 0 Å². The lowest BCUT2D eigenvalue weighted by Crippen LogP contribution is -2.27. The van der Waals surface area contributed by atoms with Gasteiger partial charge in [-0.3, -0.25) is 9.59 Å². The number of nitrogens with zero attached hydrogens (tertiary/aromatic N) is 1. The number of ketones is 1. The van der Waals surface area contributed by atoms with Crippen LogP contribution < -0.4 is 10.5 Å². The Morgan fingerprint density at radius 1 is 1.18 bits per heavy atom. The summed E-state index contributed by atoms with van der Waals surface area (Å²) in [7, 11) is 3.58. The van der Waals surface area contributed by atoms with Crippen LogP contribution in [0.1, 0.15) is 45.2 Å². The summed E-state index contributed by atoms with van der Waals surface area (Å²) in [6.07, 6.45) is 4.69. The Bertz CT molecular complexity index is 1080. The van der Waals surface area contributed by atoms with Crippen molar-refractivity contribution in [2.75, 3.05) is 19.0 Å². The molecular formula is C23H24N2O2S. The Hall–Kier alpha value is -2.92. The van der Waals surface area contributed by atoms with Crippen LogP contribution in [0.4, 0.5) is 5.69 Å². The maximum Gasteiger partial charge on any atom is 0.272 e. The van der Waals surface area contributed by atoms with Gasteiger partial charge in [0.15, 0.2) is 5.78 Å². The topological polar surface area (TPSA) is 53.2 Å². The molecular weight excluding hydrogens is 368 g/mol. The molecule has 0 aliphatic rings. The van der Waals surface area contributed by atoms with Crippen molar-refractivity contribution in [2.45, 2.75) is 20.3 Å². The summed E-state index contributed by atoms with van der Waals surface area (Å²) in [6.45, 7) is 3.84. The van der Waals surface area contributed by atoms with E-state index in [1.807, 2.05) is 55.6 Å². The molecule has 2 aromatic heterocycles. The van der Waals surface area contributed by atoms with E-state index in [0.717, 1.165) is 22.4 Å². The summed E-state index contributed by atoms with van der Waals surface area (Å²) < 4.78 is 0. The molecule has 28 heavy (non-hydrogen) atoms. The molecule has 2 heterocycles. The highest BCUT2D eigenvalue weighted by atomic mass is 32.1. The van der Waals surface area contributed by atoms with Crippen LogP contribution in [-0.2, 0) is 6.42 Å². The molecule has 0 saturated carbocycles. The van der Waals surface area contributed by atoms with Gasteiger partial charge in [-0.1, -0.05) is 37.3 Å². The van der Waals surface area contributed by atoms with Gasteiger partial charge in [0.05, 0.1) is 5.56 Å². The van der Waals surface area contributed by atoms with Crippen molar-refractivity contribution in [3.63, 3.8) is 0 Å². The zero-order chi connectivity index (χ0) is 20.3. The number of H-pyrrole nitrogens is 1. The lowest BCUT2D eigenvalue weighted by molar-refractivity contribution is 0.103. The van der Waals surface area contributed by atoms with Crippen molar-refractivity contribution < 1.29 is 4.79 Å². The minimum Gasteiger partial charge on any atom is -0.373 e. The number of anilines is 1. The quantitative estimate of drug-likeness (QED) is 0.615. The van der Waals surface area contributed by atoms with Gasteiger partial charge in [0.1, 0.15) is 5.69 Å². The molecule has 0 unspecified atom stereocenters. The van der Waals surface area contributed by atoms with Crippen molar-refractivity contribution >= 4 is 35.0 Å². The van der Waals surface area contributed by atoms with Gasteiger partial charge in [-0.05, 0) is 52.9 Å². The molecule has 1 aromatic carbocycles. The summed E-state index contributed by atoms with van der Waals surface area (Å²) in [5, 5.41) is 4.10. The van der Waals surface area contributed by atoms with Gasteiger partial charge in [0.25, 0.3) is 5.56 Å². The van der Waals surface area contributed by atoms with Gasteiger partial charge < -0.3 is 9.88 Å². The molecule has 3 aromatic rings. The minimum atomic E-state index is -0.239. The van der Waals surface area contributed by atoms with Crippen LogP contribution in [0.25, 0.3) is 12.2 Å². The third kappa shape index (κ3) is 3.99. The number of rotatable bonds is 6. The van der Waals surface area contributed by atoms with Crippen LogP contribution in [0.2, 0.25) is 0 Å². The highest BCUT2D eigenvalue weighted by Gasteiger charge is 2.23. The molecule has 1 N–H and O–H groups in total. The lowest BCUT2D eigenvalue weighted by Gasteiger charge is -2.20. The predicted molar refractivity (Wildman–Crippen MR) is 119 cm³/mol. The van der Waals surface area contributed by atoms with Gasteiger partial charge in [-0.15, -0.1) is 0 Å². The van der Waals surface area contributed by atoms with Gasteiger partial charge in [-0.25, -0.2) is 0 Å². The van der Waals surface area contributed by atoms with Crippen LogP contribution in [-0.4, -0.2) is 24.9 Å². The van der Waals surface area contributed by atoms with E-state index in [2.05, 4.69) is 10.4 Å². The number of pyridine rings is 1. The molecule has 0 amide bonds. The molecule has 0 aliphatic carbocycles. The van der Waals surface area contributed by atoms with E-state index in [1.54, 1.807) is 36.4 Å². The van der Waals surface area contributed by atoms with Crippen molar-refractivity contribution in [3.8, 4) is 0 Å². The number of aromatic amines is 1. The van der Waals surface area contributed by atoms with Crippen LogP contribution in [0.15, 0.2) is 45.9 Å². The Morgan fingerprint density at radius 3 is 2.57 bits per heavy atom. The van der Waals surface area contributed by atoms with E-state index >= 15 is 0 Å². The number of thiophene rings is 1. The summed E-state index contributed by atoms with van der Waals surface area (Å²) in [5.41, 5.74) is 4.95. The number of aryl methyl sites for hydroxylation is 1. The van der Waals surface area contributed by atoms with Crippen molar-refractivity contribution in [2.24, 2.45) is 0 Å². The molecule has 0 spiro atoms. The second kappa shape index (κ2) is 8.40. The largest absolute Gasteiger partial charge is 0.373 e. The Labute approximate surface area is 169 Å². The number of hydrogen-bond donors (Lipinski definition) is 1. The van der Waals surface area contributed by atoms with Crippen molar-refractivity contribution in [3.05, 3.63) is 85.0 Å². The highest BCUT2D eigenvalue weighted by molar-refractivity contribution is 7.08. The van der Waals surface area contributed by atoms with Crippen LogP contribution >= 0.6 is 11.3 Å². The van der Waals surface area contributed by atoms with E-state index in [1.165, 1.54) is 0 Å². The van der Waals surface area contributed by atoms with Gasteiger partial charge in [0, 0.05) is 25.4 Å². The van der Waals surface area contributed by atoms with Crippen LogP contribution in [0.5, 0.6) is 0 Å². The normalized spacial score (nSPS) is 11.1. The zero-order valence-electron chi connectivity index (χ0n) is 16.6. The van der Waals surface area contributed by atoms with Crippen molar-refractivity contribution in [1.82, 2.24) is 4.98 Å². The fourth-order valence-electron chi connectivity index (χ4n) is 3.35. The first-order valence-corrected chi connectivity index (χ1v) is 10.1. The number of carbonyl (C=O) groups excluding carboxylic acids is 1. The number of nitrogens with one attached hydrogen (secondary N) is 1. The molecule has 0 aliphatic heterocycles. The molecule has 0 radical (unpaired) electrons. The first-order valence-electron chi connectivity index (χ1n) is 9.20. The molecule has 0 bridgehead atoms. The van der Waals surface area contributed by atoms with Gasteiger partial charge in [-0.2, -0.15) is 11.3 Å². The Morgan fingerprint density at radius 2 is 1.93 bits per heavy atom. The second-order valence-electron chi connectivity index (χ2n) is 6.87. The van der Waals surface area contributed by atoms with E-state index < -0.39 is 0 Å². The molecule has 3 rings (SSSR count). The van der Waals surface area contributed by atoms with E-state index in [4.69, 9.17) is 0 Å². The number of benzene rings is 1. The van der Waals surface area contributed by atoms with E-state index in [0.29, 0.717) is 23.2 Å². The third-order valence-electron chi connectivity index (χ3n) is 4.70. The predicted octanol–water partition coefficient (Wildman–Crippen LogP) is 4.77. The van der Waals surface area contributed by atoms with Crippen LogP contribution in [0, 0.1) is 6.92 Å². The summed E-state index contributed by atoms with van der Waals surface area (Å²) in [4.78, 5) is 30.6. The molecule has 144 valence electrons. The highest BCUT2D eigenvalue weighted by Crippen LogP contribution is 2.25. The monoisotopic (exact) mass is 392 g/mol. The second-order valence-corrected chi connectivity index (χ2v) is 7.65. The first kappa shape index (κ1) is 19.8. The first-order chi connectivity index (χ1) is 13.4. The van der Waals surface area contributed by atoms with Gasteiger partial charge >= 0.3 is 0 Å². The SMILES string of the molecule is CCc1c(C)[nH]c(=O)c(N(C)C)c1C(=O)c1cccc(/C=C/c2ccsc2)c1. The third-order valence-corrected chi connectivity index (χ3v) is 5.40. The lowest BCUT2D eigenvalue weighted by atomic mass is 9.93. The maximum absolute atomic E-state index is 13.4. The molecule has 5 heteroatoms. The Kier molecular flexibility index (Phi) is 5.95. The van der Waals surface area contributed by atoms with Gasteiger partial charge in [0.2, 0.25) is 0 Å².